The van der Waals surface area contributed by atoms with Gasteiger partial charge in [-0.3, -0.25) is 4.79 Å². The number of benzene rings is 1. The molecule has 1 aromatic rings. The van der Waals surface area contributed by atoms with Crippen molar-refractivity contribution in [3.05, 3.63) is 40.0 Å². The van der Waals surface area contributed by atoms with Gasteiger partial charge in [0.2, 0.25) is 5.79 Å². The summed E-state index contributed by atoms with van der Waals surface area (Å²) in [5.41, 5.74) is -0.0357. The van der Waals surface area contributed by atoms with Crippen molar-refractivity contribution in [2.75, 3.05) is 20.8 Å². The number of fused-ring (bicyclic) bond motifs is 2. The highest BCUT2D eigenvalue weighted by molar-refractivity contribution is 14.1. The fraction of sp³-hybridized carbons (Fsp3) is 0.700. The summed E-state index contributed by atoms with van der Waals surface area (Å²) in [6.45, 7) is 4.27. The lowest BCUT2D eigenvalue weighted by Gasteiger charge is -2.50. The summed E-state index contributed by atoms with van der Waals surface area (Å²) in [4.78, 5) is 12.0. The Morgan fingerprint density at radius 1 is 1.07 bits per heavy atom. The number of esters is 1. The van der Waals surface area contributed by atoms with Crippen LogP contribution in [-0.4, -0.2) is 92.4 Å². The number of allylic oxidation sites excluding steroid dienone is 1. The van der Waals surface area contributed by atoms with Gasteiger partial charge in [-0.05, 0) is 70.4 Å². The maximum atomic E-state index is 12.0. The van der Waals surface area contributed by atoms with E-state index in [-0.39, 0.29) is 36.6 Å². The predicted octanol–water partition coefficient (Wildman–Crippen LogP) is 4.35. The van der Waals surface area contributed by atoms with Crippen LogP contribution in [0.15, 0.2) is 34.4 Å². The highest BCUT2D eigenvalue weighted by Crippen LogP contribution is 2.62. The van der Waals surface area contributed by atoms with Gasteiger partial charge in [-0.1, -0.05) is 18.7 Å². The van der Waals surface area contributed by atoms with Gasteiger partial charge >= 0.3 is 5.97 Å². The maximum absolute atomic E-state index is 12.0. The molecule has 8 rings (SSSR count). The molecule has 10 nitrogen and oxygen atoms in total. The van der Waals surface area contributed by atoms with Crippen LogP contribution in [0.2, 0.25) is 0 Å². The predicted molar refractivity (Wildman–Crippen MR) is 156 cm³/mol. The first-order chi connectivity index (χ1) is 20.2. The van der Waals surface area contributed by atoms with Gasteiger partial charge in [-0.2, -0.15) is 0 Å². The highest BCUT2D eigenvalue weighted by Gasteiger charge is 2.80. The Hall–Kier alpha value is -1.03. The third-order valence-corrected chi connectivity index (χ3v) is 10.2. The van der Waals surface area contributed by atoms with Crippen LogP contribution in [0, 0.1) is 0 Å². The largest absolute Gasteiger partial charge is 0.497 e. The number of hydrogen-bond acceptors (Lipinski definition) is 10. The van der Waals surface area contributed by atoms with Crippen molar-refractivity contribution >= 4 is 40.2 Å². The van der Waals surface area contributed by atoms with Crippen LogP contribution in [0.4, 0.5) is 0 Å². The third kappa shape index (κ3) is 4.91. The van der Waals surface area contributed by atoms with E-state index in [1.165, 1.54) is 7.11 Å². The number of carbonyl (C=O) groups excluding carboxylic acids is 1. The molecule has 0 saturated carbocycles. The van der Waals surface area contributed by atoms with E-state index in [2.05, 4.69) is 29.2 Å². The lowest BCUT2D eigenvalue weighted by Crippen LogP contribution is -2.65. The first kappa shape index (κ1) is 29.7. The molecule has 1 spiro atoms. The summed E-state index contributed by atoms with van der Waals surface area (Å²) in [5.74, 6) is -0.741. The molecule has 7 fully saturated rings. The van der Waals surface area contributed by atoms with E-state index in [4.69, 9.17) is 54.2 Å². The van der Waals surface area contributed by atoms with Crippen molar-refractivity contribution < 1.29 is 47.4 Å². The SMILES string of the molecule is C=C(I)CC(Cl)CCC12COC3C4O[C@@]5(O[C@@H](c6ccc(OC)cc6)OC15)C(O2)C4OC1CC[C@H](CC(=O)OC)O[C@@H]13. The first-order valence-corrected chi connectivity index (χ1v) is 16.1. The molecule has 12 heteroatoms. The minimum Gasteiger partial charge on any atom is -0.497 e. The minimum absolute atomic E-state index is 0.122. The zero-order chi connectivity index (χ0) is 29.2. The molecule has 230 valence electrons. The molecule has 0 aromatic heterocycles. The zero-order valence-corrected chi connectivity index (χ0v) is 26.5. The van der Waals surface area contributed by atoms with Gasteiger partial charge in [-0.25, -0.2) is 0 Å². The van der Waals surface area contributed by atoms with Crippen LogP contribution in [0.25, 0.3) is 0 Å². The van der Waals surface area contributed by atoms with Crippen molar-refractivity contribution in [3.63, 3.8) is 0 Å². The van der Waals surface area contributed by atoms with Crippen LogP contribution in [0.3, 0.4) is 0 Å². The molecule has 7 saturated heterocycles. The number of ether oxygens (including phenoxy) is 9. The molecule has 0 radical (unpaired) electrons. The molecule has 6 bridgehead atoms. The first-order valence-electron chi connectivity index (χ1n) is 14.5. The lowest BCUT2D eigenvalue weighted by molar-refractivity contribution is -0.313. The van der Waals surface area contributed by atoms with Crippen molar-refractivity contribution in [3.8, 4) is 5.75 Å². The number of carbonyl (C=O) groups is 1. The number of methoxy groups -OCH3 is 2. The van der Waals surface area contributed by atoms with Gasteiger partial charge < -0.3 is 42.6 Å². The minimum atomic E-state index is -1.18. The molecule has 0 N–H and O–H groups in total. The average Bonchev–Trinajstić information content (AvgIpc) is 3.59. The fourth-order valence-electron chi connectivity index (χ4n) is 7.47. The summed E-state index contributed by atoms with van der Waals surface area (Å²) in [5, 5.41) is -0.122. The van der Waals surface area contributed by atoms with E-state index in [1.807, 2.05) is 24.3 Å². The Balaban J connectivity index is 1.20. The number of hydrogen-bond donors (Lipinski definition) is 0. The average molecular weight is 719 g/mol. The summed E-state index contributed by atoms with van der Waals surface area (Å²) in [6.07, 6.45) is -0.505. The van der Waals surface area contributed by atoms with Crippen LogP contribution >= 0.6 is 34.2 Å². The lowest BCUT2D eigenvalue weighted by atomic mass is 9.87. The Labute approximate surface area is 263 Å². The maximum Gasteiger partial charge on any atom is 0.308 e. The molecule has 12 atom stereocenters. The molecule has 7 aliphatic rings. The molecule has 7 heterocycles. The van der Waals surface area contributed by atoms with E-state index in [0.29, 0.717) is 25.7 Å². The molecular weight excluding hydrogens is 683 g/mol. The van der Waals surface area contributed by atoms with Gasteiger partial charge in [0.25, 0.3) is 0 Å². The molecule has 7 aliphatic heterocycles. The van der Waals surface area contributed by atoms with E-state index in [1.54, 1.807) is 7.11 Å². The summed E-state index contributed by atoms with van der Waals surface area (Å²) in [7, 11) is 3.02. The van der Waals surface area contributed by atoms with Crippen molar-refractivity contribution in [1.29, 1.82) is 0 Å². The Bertz CT molecular complexity index is 1200. The zero-order valence-electron chi connectivity index (χ0n) is 23.6. The van der Waals surface area contributed by atoms with Crippen molar-refractivity contribution in [2.24, 2.45) is 0 Å². The monoisotopic (exact) mass is 718 g/mol. The smallest absolute Gasteiger partial charge is 0.308 e. The fourth-order valence-corrected chi connectivity index (χ4v) is 8.56. The standard InChI is InChI=1S/C30H36ClIO10/c1-15(32)12-17(31)10-11-29-14-36-23-22-20(9-8-19(37-22)13-21(33)35-3)38-25-24(23)40-30(26(25)41-29)28(29)39-27(42-30)16-4-6-18(34-2)7-5-16/h4-7,17,19-20,22-28H,1,8-14H2,2-3H3/t17?,19-,20?,22+,23?,24?,25?,26?,27+,28?,29?,30-/m1/s1. The van der Waals surface area contributed by atoms with Crippen LogP contribution in [-0.2, 0) is 42.7 Å². The number of alkyl halides is 1. The molecule has 42 heavy (non-hydrogen) atoms. The van der Waals surface area contributed by atoms with Gasteiger partial charge in [0.05, 0.1) is 39.5 Å². The van der Waals surface area contributed by atoms with Crippen molar-refractivity contribution in [1.82, 2.24) is 0 Å². The normalized spacial score (nSPS) is 43.7. The summed E-state index contributed by atoms with van der Waals surface area (Å²) >= 11 is 8.95. The second-order valence-electron chi connectivity index (χ2n) is 12.0. The van der Waals surface area contributed by atoms with Gasteiger partial charge in [0, 0.05) is 10.9 Å². The van der Waals surface area contributed by atoms with Crippen LogP contribution < -0.4 is 4.74 Å². The Kier molecular flexibility index (Phi) is 8.05. The topological polar surface area (TPSA) is 100 Å². The molecule has 1 aromatic carbocycles. The Morgan fingerprint density at radius 2 is 1.88 bits per heavy atom. The van der Waals surface area contributed by atoms with E-state index in [9.17, 15) is 4.79 Å². The van der Waals surface area contributed by atoms with E-state index >= 15 is 0 Å². The quantitative estimate of drug-likeness (QED) is 0.208. The highest BCUT2D eigenvalue weighted by atomic mass is 127. The molecule has 0 aliphatic carbocycles. The summed E-state index contributed by atoms with van der Waals surface area (Å²) < 4.78 is 58.3. The third-order valence-electron chi connectivity index (χ3n) is 9.42. The van der Waals surface area contributed by atoms with Crippen LogP contribution in [0.1, 0.15) is 50.4 Å². The second-order valence-corrected chi connectivity index (χ2v) is 14.1. The van der Waals surface area contributed by atoms with E-state index < -0.39 is 54.3 Å². The van der Waals surface area contributed by atoms with Crippen LogP contribution in [0.5, 0.6) is 5.75 Å². The van der Waals surface area contributed by atoms with Gasteiger partial charge in [-0.15, -0.1) is 11.6 Å². The van der Waals surface area contributed by atoms with E-state index in [0.717, 1.165) is 21.3 Å². The second kappa shape index (κ2) is 11.4. The number of rotatable bonds is 9. The van der Waals surface area contributed by atoms with Gasteiger partial charge in [0.1, 0.15) is 48.0 Å². The molecule has 8 unspecified atom stereocenters. The Morgan fingerprint density at radius 3 is 2.62 bits per heavy atom. The van der Waals surface area contributed by atoms with Crippen molar-refractivity contribution in [2.45, 2.75) is 110 Å². The molecule has 0 amide bonds. The molecular formula is C30H36ClIO10. The summed E-state index contributed by atoms with van der Waals surface area (Å²) in [6, 6.07) is 7.63. The number of halogens is 2. The van der Waals surface area contributed by atoms with Gasteiger partial charge in [0.15, 0.2) is 6.29 Å².